The van der Waals surface area contributed by atoms with Crippen molar-refractivity contribution in [2.75, 3.05) is 13.2 Å². The van der Waals surface area contributed by atoms with E-state index in [1.165, 1.54) is 0 Å². The molecule has 1 N–H and O–H groups in total. The van der Waals surface area contributed by atoms with Gasteiger partial charge in [-0.25, -0.2) is 0 Å². The van der Waals surface area contributed by atoms with E-state index in [1.807, 2.05) is 19.1 Å². The molecule has 0 aliphatic carbocycles. The zero-order valence-corrected chi connectivity index (χ0v) is 8.32. The van der Waals surface area contributed by atoms with Crippen LogP contribution in [0.4, 0.5) is 0 Å². The predicted molar refractivity (Wildman–Crippen MR) is 50.4 cm³/mol. The first-order valence-corrected chi connectivity index (χ1v) is 4.86. The Balaban J connectivity index is 2.57. The lowest BCUT2D eigenvalue weighted by molar-refractivity contribution is -0.135. The summed E-state index contributed by atoms with van der Waals surface area (Å²) in [6, 6.07) is 0. The predicted octanol–water partition coefficient (Wildman–Crippen LogP) is 1.47. The summed E-state index contributed by atoms with van der Waals surface area (Å²) in [7, 11) is 0. The van der Waals surface area contributed by atoms with Crippen molar-refractivity contribution in [3.8, 4) is 0 Å². The largest absolute Gasteiger partial charge is 0.394 e. The van der Waals surface area contributed by atoms with E-state index < -0.39 is 5.79 Å². The number of allylic oxidation sites excluding steroid dienone is 1. The molecule has 1 rings (SSSR count). The fraction of sp³-hybridized carbons (Fsp3) is 0.800. The molecule has 1 saturated heterocycles. The Morgan fingerprint density at radius 2 is 2.31 bits per heavy atom. The Hall–Kier alpha value is -0.380. The smallest absolute Gasteiger partial charge is 0.188 e. The molecule has 0 amide bonds. The van der Waals surface area contributed by atoms with Crippen LogP contribution in [-0.4, -0.2) is 30.2 Å². The van der Waals surface area contributed by atoms with Gasteiger partial charge in [0.15, 0.2) is 5.79 Å². The molecule has 1 aliphatic heterocycles. The maximum atomic E-state index is 8.89. The van der Waals surface area contributed by atoms with E-state index in [2.05, 4.69) is 6.92 Å². The number of ether oxygens (including phenoxy) is 2. The molecule has 2 atom stereocenters. The van der Waals surface area contributed by atoms with Crippen LogP contribution in [0, 0.1) is 0 Å². The molecule has 1 fully saturated rings. The Morgan fingerprint density at radius 1 is 1.54 bits per heavy atom. The molecule has 0 aromatic heterocycles. The van der Waals surface area contributed by atoms with E-state index in [4.69, 9.17) is 14.6 Å². The molecule has 13 heavy (non-hydrogen) atoms. The van der Waals surface area contributed by atoms with Gasteiger partial charge in [-0.2, -0.15) is 0 Å². The van der Waals surface area contributed by atoms with Crippen molar-refractivity contribution in [1.82, 2.24) is 0 Å². The first kappa shape index (κ1) is 10.7. The van der Waals surface area contributed by atoms with Gasteiger partial charge < -0.3 is 14.6 Å². The number of hydrogen-bond acceptors (Lipinski definition) is 3. The zero-order chi connectivity index (χ0) is 9.73. The fourth-order valence-electron chi connectivity index (χ4n) is 1.36. The van der Waals surface area contributed by atoms with E-state index in [0.29, 0.717) is 6.61 Å². The minimum Gasteiger partial charge on any atom is -0.394 e. The van der Waals surface area contributed by atoms with Crippen molar-refractivity contribution >= 4 is 0 Å². The number of aliphatic hydroxyl groups is 1. The van der Waals surface area contributed by atoms with E-state index in [1.54, 1.807) is 0 Å². The Bertz CT molecular complexity index is 179. The molecular weight excluding hydrogens is 168 g/mol. The summed E-state index contributed by atoms with van der Waals surface area (Å²) in [6.45, 7) is 4.60. The van der Waals surface area contributed by atoms with Crippen LogP contribution in [0.1, 0.15) is 26.7 Å². The highest BCUT2D eigenvalue weighted by Crippen LogP contribution is 2.28. The van der Waals surface area contributed by atoms with Gasteiger partial charge in [-0.1, -0.05) is 19.9 Å². The monoisotopic (exact) mass is 186 g/mol. The number of hydrogen-bond donors (Lipinski definition) is 1. The van der Waals surface area contributed by atoms with E-state index in [-0.39, 0.29) is 12.7 Å². The van der Waals surface area contributed by atoms with Crippen LogP contribution in [0.25, 0.3) is 0 Å². The van der Waals surface area contributed by atoms with Crippen molar-refractivity contribution in [2.45, 2.75) is 38.6 Å². The third-order valence-electron chi connectivity index (χ3n) is 2.18. The quantitative estimate of drug-likeness (QED) is 0.676. The highest BCUT2D eigenvalue weighted by atomic mass is 16.7. The molecule has 1 aliphatic rings. The van der Waals surface area contributed by atoms with Crippen LogP contribution in [0.15, 0.2) is 12.2 Å². The van der Waals surface area contributed by atoms with Crippen LogP contribution < -0.4 is 0 Å². The molecule has 3 heteroatoms. The van der Waals surface area contributed by atoms with Gasteiger partial charge in [-0.05, 0) is 12.5 Å². The first-order chi connectivity index (χ1) is 6.26. The zero-order valence-electron chi connectivity index (χ0n) is 8.32. The SMILES string of the molecule is CCC=CC1(CC)OCC(CO)O1. The van der Waals surface area contributed by atoms with Crippen LogP contribution in [0.3, 0.4) is 0 Å². The lowest BCUT2D eigenvalue weighted by Gasteiger charge is -2.22. The second-order valence-corrected chi connectivity index (χ2v) is 3.21. The highest BCUT2D eigenvalue weighted by molar-refractivity contribution is 4.98. The van der Waals surface area contributed by atoms with E-state index in [9.17, 15) is 0 Å². The minimum absolute atomic E-state index is 0.0295. The summed E-state index contributed by atoms with van der Waals surface area (Å²) >= 11 is 0. The van der Waals surface area contributed by atoms with Crippen LogP contribution in [0.2, 0.25) is 0 Å². The summed E-state index contributed by atoms with van der Waals surface area (Å²) in [5.41, 5.74) is 0. The maximum absolute atomic E-state index is 8.89. The highest BCUT2D eigenvalue weighted by Gasteiger charge is 2.37. The average Bonchev–Trinajstić information content (AvgIpc) is 2.59. The lowest BCUT2D eigenvalue weighted by atomic mass is 10.2. The molecule has 3 nitrogen and oxygen atoms in total. The second kappa shape index (κ2) is 4.74. The van der Waals surface area contributed by atoms with Crippen molar-refractivity contribution in [1.29, 1.82) is 0 Å². The maximum Gasteiger partial charge on any atom is 0.188 e. The minimum atomic E-state index is -0.580. The second-order valence-electron chi connectivity index (χ2n) is 3.21. The third-order valence-corrected chi connectivity index (χ3v) is 2.18. The topological polar surface area (TPSA) is 38.7 Å². The standard InChI is InChI=1S/C10H18O3/c1-3-5-6-10(4-2)12-8-9(7-11)13-10/h5-6,9,11H,3-4,7-8H2,1-2H3. The van der Waals surface area contributed by atoms with Gasteiger partial charge in [0, 0.05) is 6.42 Å². The Labute approximate surface area is 79.3 Å². The molecule has 0 aromatic rings. The first-order valence-electron chi connectivity index (χ1n) is 4.86. The summed E-state index contributed by atoms with van der Waals surface area (Å²) in [6.07, 6.45) is 5.56. The van der Waals surface area contributed by atoms with Gasteiger partial charge in [0.25, 0.3) is 0 Å². The van der Waals surface area contributed by atoms with Crippen LogP contribution >= 0.6 is 0 Å². The van der Waals surface area contributed by atoms with Crippen LogP contribution in [0.5, 0.6) is 0 Å². The summed E-state index contributed by atoms with van der Waals surface area (Å²) in [4.78, 5) is 0. The summed E-state index contributed by atoms with van der Waals surface area (Å²) in [5, 5.41) is 8.89. The molecule has 1 heterocycles. The van der Waals surface area contributed by atoms with Gasteiger partial charge in [0.05, 0.1) is 13.2 Å². The van der Waals surface area contributed by atoms with Crippen molar-refractivity contribution in [3.05, 3.63) is 12.2 Å². The van der Waals surface area contributed by atoms with Gasteiger partial charge in [0.1, 0.15) is 6.10 Å². The van der Waals surface area contributed by atoms with E-state index >= 15 is 0 Å². The Morgan fingerprint density at radius 3 is 2.77 bits per heavy atom. The summed E-state index contributed by atoms with van der Waals surface area (Å²) < 4.78 is 11.1. The van der Waals surface area contributed by atoms with Crippen LogP contribution in [-0.2, 0) is 9.47 Å². The average molecular weight is 186 g/mol. The third kappa shape index (κ3) is 2.53. The normalized spacial score (nSPS) is 34.5. The van der Waals surface area contributed by atoms with Gasteiger partial charge in [-0.3, -0.25) is 0 Å². The molecule has 0 saturated carbocycles. The molecule has 0 aromatic carbocycles. The molecule has 0 spiro atoms. The van der Waals surface area contributed by atoms with Gasteiger partial charge in [0.2, 0.25) is 0 Å². The molecule has 0 radical (unpaired) electrons. The van der Waals surface area contributed by atoms with Crippen molar-refractivity contribution in [3.63, 3.8) is 0 Å². The molecule has 2 unspecified atom stereocenters. The van der Waals surface area contributed by atoms with E-state index in [0.717, 1.165) is 12.8 Å². The fourth-order valence-corrected chi connectivity index (χ4v) is 1.36. The molecule has 76 valence electrons. The Kier molecular flexibility index (Phi) is 3.90. The van der Waals surface area contributed by atoms with Gasteiger partial charge in [-0.15, -0.1) is 0 Å². The lowest BCUT2D eigenvalue weighted by Crippen LogP contribution is -2.28. The molecular formula is C10H18O3. The number of rotatable bonds is 4. The summed E-state index contributed by atoms with van der Waals surface area (Å²) in [5.74, 6) is -0.580. The number of aliphatic hydroxyl groups excluding tert-OH is 1. The van der Waals surface area contributed by atoms with Crippen molar-refractivity contribution in [2.24, 2.45) is 0 Å². The van der Waals surface area contributed by atoms with Gasteiger partial charge >= 0.3 is 0 Å². The molecule has 0 bridgehead atoms. The van der Waals surface area contributed by atoms with Crippen molar-refractivity contribution < 1.29 is 14.6 Å².